The van der Waals surface area contributed by atoms with Crippen molar-refractivity contribution in [3.05, 3.63) is 16.7 Å². The molecule has 1 aromatic rings. The minimum atomic E-state index is -4.73. The smallest absolute Gasteiger partial charge is 0.404 e. The van der Waals surface area contributed by atoms with Crippen LogP contribution < -0.4 is 10.5 Å². The highest BCUT2D eigenvalue weighted by atomic mass is 79.9. The van der Waals surface area contributed by atoms with Gasteiger partial charge in [-0.1, -0.05) is 0 Å². The minimum absolute atomic E-state index is 0.00711. The summed E-state index contributed by atoms with van der Waals surface area (Å²) in [7, 11) is 0. The fourth-order valence-electron chi connectivity index (χ4n) is 0.645. The van der Waals surface area contributed by atoms with E-state index in [0.717, 1.165) is 12.3 Å². The zero-order chi connectivity index (χ0) is 10.1. The quantitative estimate of drug-likeness (QED) is 0.839. The molecule has 1 rings (SSSR count). The van der Waals surface area contributed by atoms with E-state index in [1.807, 2.05) is 0 Å². The molecule has 13 heavy (non-hydrogen) atoms. The Labute approximate surface area is 79.8 Å². The molecule has 0 unspecified atom stereocenters. The Hall–Kier alpha value is -0.980. The molecule has 0 amide bonds. The van der Waals surface area contributed by atoms with Crippen LogP contribution >= 0.6 is 15.9 Å². The molecule has 0 saturated carbocycles. The van der Waals surface area contributed by atoms with Crippen LogP contribution in [0.1, 0.15) is 0 Å². The zero-order valence-electron chi connectivity index (χ0n) is 6.10. The number of nitrogens with two attached hydrogens (primary N) is 1. The average Bonchev–Trinajstić information content (AvgIpc) is 1.96. The molecule has 0 aliphatic heterocycles. The topological polar surface area (TPSA) is 48.1 Å². The van der Waals surface area contributed by atoms with Gasteiger partial charge in [-0.05, 0) is 15.9 Å². The van der Waals surface area contributed by atoms with Gasteiger partial charge >= 0.3 is 6.36 Å². The van der Waals surface area contributed by atoms with E-state index in [9.17, 15) is 13.2 Å². The summed E-state index contributed by atoms with van der Waals surface area (Å²) < 4.78 is 38.9. The largest absolute Gasteiger partial charge is 0.573 e. The second-order valence-corrected chi connectivity index (χ2v) is 2.85. The van der Waals surface area contributed by atoms with Gasteiger partial charge in [-0.25, -0.2) is 4.98 Å². The zero-order valence-corrected chi connectivity index (χ0v) is 7.69. The van der Waals surface area contributed by atoms with Crippen molar-refractivity contribution in [1.29, 1.82) is 0 Å². The third-order valence-corrected chi connectivity index (χ3v) is 1.90. The molecular formula is C6H4BrF3N2O. The highest BCUT2D eigenvalue weighted by Crippen LogP contribution is 2.32. The maximum atomic E-state index is 11.7. The lowest BCUT2D eigenvalue weighted by molar-refractivity contribution is -0.274. The van der Waals surface area contributed by atoms with Crippen molar-refractivity contribution in [2.75, 3.05) is 5.73 Å². The lowest BCUT2D eigenvalue weighted by atomic mass is 10.4. The van der Waals surface area contributed by atoms with Crippen LogP contribution in [0.25, 0.3) is 0 Å². The molecule has 3 nitrogen and oxygen atoms in total. The van der Waals surface area contributed by atoms with Gasteiger partial charge in [0.2, 0.25) is 0 Å². The molecule has 0 aliphatic carbocycles. The van der Waals surface area contributed by atoms with Crippen molar-refractivity contribution in [3.8, 4) is 5.75 Å². The molecule has 0 fully saturated rings. The van der Waals surface area contributed by atoms with Crippen molar-refractivity contribution < 1.29 is 17.9 Å². The van der Waals surface area contributed by atoms with Crippen LogP contribution in [0.5, 0.6) is 5.75 Å². The molecule has 1 aromatic heterocycles. The van der Waals surface area contributed by atoms with Crippen molar-refractivity contribution in [2.24, 2.45) is 0 Å². The van der Waals surface area contributed by atoms with E-state index < -0.39 is 12.1 Å². The standard InChI is InChI=1S/C6H4BrF3N2O/c7-4-3(13-6(8,9)10)1-2-12-5(4)11/h1-2H,(H2,11,12). The van der Waals surface area contributed by atoms with Gasteiger partial charge in [-0.15, -0.1) is 13.2 Å². The third kappa shape index (κ3) is 2.76. The van der Waals surface area contributed by atoms with Gasteiger partial charge in [0.25, 0.3) is 0 Å². The average molecular weight is 257 g/mol. The molecule has 2 N–H and O–H groups in total. The fourth-order valence-corrected chi connectivity index (χ4v) is 0.960. The summed E-state index contributed by atoms with van der Waals surface area (Å²) >= 11 is 2.82. The first-order valence-electron chi connectivity index (χ1n) is 3.06. The maximum Gasteiger partial charge on any atom is 0.573 e. The highest BCUT2D eigenvalue weighted by molar-refractivity contribution is 9.10. The Kier molecular flexibility index (Phi) is 2.65. The number of hydrogen-bond acceptors (Lipinski definition) is 3. The summed E-state index contributed by atoms with van der Waals surface area (Å²) in [6.45, 7) is 0. The van der Waals surface area contributed by atoms with Crippen LogP contribution in [0.2, 0.25) is 0 Å². The van der Waals surface area contributed by atoms with E-state index in [-0.39, 0.29) is 10.3 Å². The first-order chi connectivity index (χ1) is 5.90. The van der Waals surface area contributed by atoms with Crippen molar-refractivity contribution in [1.82, 2.24) is 4.98 Å². The van der Waals surface area contributed by atoms with Crippen LogP contribution in [0.4, 0.5) is 19.0 Å². The number of hydrogen-bond donors (Lipinski definition) is 1. The van der Waals surface area contributed by atoms with E-state index >= 15 is 0 Å². The van der Waals surface area contributed by atoms with Crippen LogP contribution in [0.3, 0.4) is 0 Å². The molecule has 0 atom stereocenters. The Bertz CT molecular complexity index is 315. The monoisotopic (exact) mass is 256 g/mol. The second kappa shape index (κ2) is 3.41. The Morgan fingerprint density at radius 1 is 1.46 bits per heavy atom. The van der Waals surface area contributed by atoms with E-state index in [0.29, 0.717) is 0 Å². The number of anilines is 1. The summed E-state index contributed by atoms with van der Waals surface area (Å²) in [6.07, 6.45) is -3.60. The summed E-state index contributed by atoms with van der Waals surface area (Å²) in [5, 5.41) is 0. The van der Waals surface area contributed by atoms with E-state index in [1.54, 1.807) is 0 Å². The summed E-state index contributed by atoms with van der Waals surface area (Å²) in [4.78, 5) is 3.55. The van der Waals surface area contributed by atoms with Crippen LogP contribution in [-0.2, 0) is 0 Å². The predicted octanol–water partition coefficient (Wildman–Crippen LogP) is 2.32. The third-order valence-electron chi connectivity index (χ3n) is 1.11. The molecule has 0 bridgehead atoms. The number of pyridine rings is 1. The molecule has 0 saturated heterocycles. The Morgan fingerprint density at radius 3 is 2.62 bits per heavy atom. The molecule has 0 spiro atoms. The fraction of sp³-hybridized carbons (Fsp3) is 0.167. The molecule has 72 valence electrons. The van der Waals surface area contributed by atoms with E-state index in [2.05, 4.69) is 25.7 Å². The maximum absolute atomic E-state index is 11.7. The van der Waals surface area contributed by atoms with Gasteiger partial charge in [0.15, 0.2) is 0 Å². The lowest BCUT2D eigenvalue weighted by Crippen LogP contribution is -2.17. The van der Waals surface area contributed by atoms with E-state index in [4.69, 9.17) is 5.73 Å². The van der Waals surface area contributed by atoms with Crippen molar-refractivity contribution in [2.45, 2.75) is 6.36 Å². The summed E-state index contributed by atoms with van der Waals surface area (Å²) in [5.74, 6) is -0.457. The number of nitrogens with zero attached hydrogens (tertiary/aromatic N) is 1. The van der Waals surface area contributed by atoms with Crippen LogP contribution in [0.15, 0.2) is 16.7 Å². The lowest BCUT2D eigenvalue weighted by Gasteiger charge is -2.10. The number of rotatable bonds is 1. The minimum Gasteiger partial charge on any atom is -0.404 e. The molecule has 0 radical (unpaired) electrons. The summed E-state index contributed by atoms with van der Waals surface area (Å²) in [6, 6.07) is 1.06. The van der Waals surface area contributed by atoms with Gasteiger partial charge in [0.1, 0.15) is 16.0 Å². The Balaban J connectivity index is 2.96. The van der Waals surface area contributed by atoms with Crippen LogP contribution in [0, 0.1) is 0 Å². The van der Waals surface area contributed by atoms with Crippen molar-refractivity contribution >= 4 is 21.7 Å². The summed E-state index contributed by atoms with van der Waals surface area (Å²) in [5.41, 5.74) is 5.23. The molecule has 0 aromatic carbocycles. The number of ether oxygens (including phenoxy) is 1. The Morgan fingerprint density at radius 2 is 2.08 bits per heavy atom. The van der Waals surface area contributed by atoms with Gasteiger partial charge < -0.3 is 10.5 Å². The first-order valence-corrected chi connectivity index (χ1v) is 3.85. The van der Waals surface area contributed by atoms with E-state index in [1.165, 1.54) is 0 Å². The second-order valence-electron chi connectivity index (χ2n) is 2.06. The van der Waals surface area contributed by atoms with Gasteiger partial charge in [0, 0.05) is 12.3 Å². The van der Waals surface area contributed by atoms with Gasteiger partial charge in [-0.2, -0.15) is 0 Å². The molecule has 0 aliphatic rings. The van der Waals surface area contributed by atoms with Gasteiger partial charge in [0.05, 0.1) is 0 Å². The normalized spacial score (nSPS) is 11.4. The number of aromatic nitrogens is 1. The van der Waals surface area contributed by atoms with Crippen LogP contribution in [-0.4, -0.2) is 11.3 Å². The highest BCUT2D eigenvalue weighted by Gasteiger charge is 2.32. The van der Waals surface area contributed by atoms with Gasteiger partial charge in [-0.3, -0.25) is 0 Å². The predicted molar refractivity (Wildman–Crippen MR) is 43.0 cm³/mol. The molecular weight excluding hydrogens is 253 g/mol. The number of halogens is 4. The number of alkyl halides is 3. The molecule has 1 heterocycles. The first kappa shape index (κ1) is 10.1. The molecule has 7 heteroatoms. The number of nitrogen functional groups attached to an aromatic ring is 1. The van der Waals surface area contributed by atoms with Crippen molar-refractivity contribution in [3.63, 3.8) is 0 Å². The SMILES string of the molecule is Nc1nccc(OC(F)(F)F)c1Br.